The average Bonchev–Trinajstić information content (AvgIpc) is 3.43. The summed E-state index contributed by atoms with van der Waals surface area (Å²) in [6.45, 7) is 2.85. The largest absolute Gasteiger partial charge is 0.354 e. The number of nitrogens with one attached hydrogen (secondary N) is 2. The molecule has 5 aromatic rings. The van der Waals surface area contributed by atoms with E-state index in [4.69, 9.17) is 9.97 Å². The van der Waals surface area contributed by atoms with Crippen molar-refractivity contribution in [3.8, 4) is 5.69 Å². The Balaban J connectivity index is 1.51. The monoisotopic (exact) mass is 426 g/mol. The van der Waals surface area contributed by atoms with Gasteiger partial charge in [0.25, 0.3) is 0 Å². The number of rotatable bonds is 7. The van der Waals surface area contributed by atoms with Crippen LogP contribution in [0.25, 0.3) is 16.9 Å². The zero-order chi connectivity index (χ0) is 21.0. The van der Waals surface area contributed by atoms with Crippen molar-refractivity contribution in [1.29, 1.82) is 0 Å². The van der Waals surface area contributed by atoms with Gasteiger partial charge in [-0.3, -0.25) is 4.57 Å². The highest BCUT2D eigenvalue weighted by Gasteiger charge is 2.16. The van der Waals surface area contributed by atoms with E-state index in [-0.39, 0.29) is 0 Å². The number of imidazole rings is 1. The normalized spacial score (nSPS) is 11.0. The van der Waals surface area contributed by atoms with Crippen molar-refractivity contribution < 1.29 is 0 Å². The molecule has 6 nitrogen and oxygen atoms in total. The second-order valence-corrected chi connectivity index (χ2v) is 8.24. The molecule has 0 unspecified atom stereocenters. The first kappa shape index (κ1) is 19.3. The number of thiophene rings is 1. The number of para-hydroxylation sites is 2. The van der Waals surface area contributed by atoms with E-state index in [1.165, 1.54) is 4.88 Å². The standard InChI is InChI=1S/C24H22N6S/c1-17-8-5-6-12-20(17)27-24-28-21-16-26-23(25-14-13-19-11-7-15-31-19)29-22(21)30(24)18-9-3-2-4-10-18/h2-12,15-16H,13-14H2,1H3,(H,27,28)(H,25,26,29). The minimum Gasteiger partial charge on any atom is -0.354 e. The molecule has 0 bridgehead atoms. The molecule has 0 atom stereocenters. The van der Waals surface area contributed by atoms with E-state index in [0.29, 0.717) is 11.9 Å². The summed E-state index contributed by atoms with van der Waals surface area (Å²) in [7, 11) is 0. The molecule has 0 saturated heterocycles. The fourth-order valence-electron chi connectivity index (χ4n) is 3.45. The molecule has 3 heterocycles. The summed E-state index contributed by atoms with van der Waals surface area (Å²) in [4.78, 5) is 15.4. The van der Waals surface area contributed by atoms with Gasteiger partial charge in [-0.2, -0.15) is 4.98 Å². The highest BCUT2D eigenvalue weighted by Crippen LogP contribution is 2.27. The van der Waals surface area contributed by atoms with Crippen molar-refractivity contribution in [2.45, 2.75) is 13.3 Å². The molecule has 0 fully saturated rings. The Bertz CT molecular complexity index is 1290. The zero-order valence-corrected chi connectivity index (χ0v) is 17.9. The van der Waals surface area contributed by atoms with Crippen LogP contribution in [-0.2, 0) is 6.42 Å². The summed E-state index contributed by atoms with van der Waals surface area (Å²) in [5.41, 5.74) is 4.65. The van der Waals surface area contributed by atoms with E-state index in [9.17, 15) is 0 Å². The van der Waals surface area contributed by atoms with Crippen LogP contribution in [0.1, 0.15) is 10.4 Å². The lowest BCUT2D eigenvalue weighted by atomic mass is 10.2. The number of fused-ring (bicyclic) bond motifs is 1. The van der Waals surface area contributed by atoms with Gasteiger partial charge in [-0.15, -0.1) is 11.3 Å². The van der Waals surface area contributed by atoms with Crippen molar-refractivity contribution >= 4 is 40.1 Å². The van der Waals surface area contributed by atoms with Gasteiger partial charge >= 0.3 is 0 Å². The number of hydrogen-bond donors (Lipinski definition) is 2. The maximum Gasteiger partial charge on any atom is 0.224 e. The van der Waals surface area contributed by atoms with E-state index in [0.717, 1.165) is 41.1 Å². The van der Waals surface area contributed by atoms with Gasteiger partial charge in [-0.1, -0.05) is 42.5 Å². The summed E-state index contributed by atoms with van der Waals surface area (Å²) in [6, 6.07) is 22.5. The molecule has 0 aliphatic heterocycles. The second-order valence-electron chi connectivity index (χ2n) is 7.20. The van der Waals surface area contributed by atoms with Gasteiger partial charge in [0, 0.05) is 17.1 Å². The van der Waals surface area contributed by atoms with Crippen molar-refractivity contribution in [2.24, 2.45) is 0 Å². The Hall–Kier alpha value is -3.71. The molecule has 0 saturated carbocycles. The molecule has 0 aliphatic carbocycles. The van der Waals surface area contributed by atoms with Crippen LogP contribution in [0.3, 0.4) is 0 Å². The second kappa shape index (κ2) is 8.57. The fraction of sp³-hybridized carbons (Fsp3) is 0.125. The third-order valence-corrected chi connectivity index (χ3v) is 5.98. The predicted molar refractivity (Wildman–Crippen MR) is 128 cm³/mol. The molecule has 0 radical (unpaired) electrons. The number of nitrogens with zero attached hydrogens (tertiary/aromatic N) is 4. The van der Waals surface area contributed by atoms with Gasteiger partial charge in [0.05, 0.1) is 11.9 Å². The molecular weight excluding hydrogens is 404 g/mol. The van der Waals surface area contributed by atoms with E-state index in [1.807, 2.05) is 41.0 Å². The summed E-state index contributed by atoms with van der Waals surface area (Å²) in [6.07, 6.45) is 2.72. The van der Waals surface area contributed by atoms with Crippen LogP contribution in [0.2, 0.25) is 0 Å². The smallest absolute Gasteiger partial charge is 0.224 e. The summed E-state index contributed by atoms with van der Waals surface area (Å²) in [5, 5.41) is 8.92. The molecule has 31 heavy (non-hydrogen) atoms. The molecular formula is C24H22N6S. The Morgan fingerprint density at radius 1 is 0.935 bits per heavy atom. The van der Waals surface area contributed by atoms with Crippen LogP contribution >= 0.6 is 11.3 Å². The molecule has 0 amide bonds. The number of anilines is 3. The zero-order valence-electron chi connectivity index (χ0n) is 17.1. The molecule has 7 heteroatoms. The molecule has 0 spiro atoms. The number of benzene rings is 2. The summed E-state index contributed by atoms with van der Waals surface area (Å²) >= 11 is 1.76. The number of aromatic nitrogens is 4. The lowest BCUT2D eigenvalue weighted by Gasteiger charge is -2.12. The molecule has 2 aromatic carbocycles. The van der Waals surface area contributed by atoms with Gasteiger partial charge in [-0.05, 0) is 48.6 Å². The summed E-state index contributed by atoms with van der Waals surface area (Å²) < 4.78 is 2.04. The molecule has 0 aliphatic rings. The fourth-order valence-corrected chi connectivity index (χ4v) is 4.16. The Morgan fingerprint density at radius 2 is 1.77 bits per heavy atom. The third-order valence-electron chi connectivity index (χ3n) is 5.04. The van der Waals surface area contributed by atoms with E-state index >= 15 is 0 Å². The highest BCUT2D eigenvalue weighted by molar-refractivity contribution is 7.09. The van der Waals surface area contributed by atoms with Crippen molar-refractivity contribution in [2.75, 3.05) is 17.2 Å². The number of aryl methyl sites for hydroxylation is 1. The Morgan fingerprint density at radius 3 is 2.58 bits per heavy atom. The van der Waals surface area contributed by atoms with E-state index < -0.39 is 0 Å². The number of hydrogen-bond acceptors (Lipinski definition) is 6. The van der Waals surface area contributed by atoms with Crippen LogP contribution < -0.4 is 10.6 Å². The van der Waals surface area contributed by atoms with Crippen LogP contribution in [0.5, 0.6) is 0 Å². The predicted octanol–water partition coefficient (Wildman–Crippen LogP) is 5.58. The maximum absolute atomic E-state index is 4.80. The van der Waals surface area contributed by atoms with Crippen LogP contribution in [0, 0.1) is 6.92 Å². The van der Waals surface area contributed by atoms with Crippen LogP contribution in [0.15, 0.2) is 78.3 Å². The minimum atomic E-state index is 0.601. The van der Waals surface area contributed by atoms with Crippen molar-refractivity contribution in [1.82, 2.24) is 19.5 Å². The first-order valence-electron chi connectivity index (χ1n) is 10.2. The average molecular weight is 427 g/mol. The van der Waals surface area contributed by atoms with Gasteiger partial charge in [0.1, 0.15) is 5.52 Å². The van der Waals surface area contributed by atoms with Gasteiger partial charge in [0.15, 0.2) is 5.65 Å². The van der Waals surface area contributed by atoms with Crippen molar-refractivity contribution in [3.63, 3.8) is 0 Å². The SMILES string of the molecule is Cc1ccccc1Nc1nc2cnc(NCCc3cccs3)nc2n1-c1ccccc1. The van der Waals surface area contributed by atoms with E-state index in [2.05, 4.69) is 58.3 Å². The van der Waals surface area contributed by atoms with Crippen LogP contribution in [0.4, 0.5) is 17.6 Å². The highest BCUT2D eigenvalue weighted by atomic mass is 32.1. The van der Waals surface area contributed by atoms with Crippen LogP contribution in [-0.4, -0.2) is 26.1 Å². The molecule has 3 aromatic heterocycles. The first-order valence-corrected chi connectivity index (χ1v) is 11.1. The van der Waals surface area contributed by atoms with Gasteiger partial charge in [0.2, 0.25) is 11.9 Å². The molecule has 154 valence electrons. The maximum atomic E-state index is 4.80. The Kier molecular flexibility index (Phi) is 5.33. The summed E-state index contributed by atoms with van der Waals surface area (Å²) in [5.74, 6) is 1.31. The lowest BCUT2D eigenvalue weighted by Crippen LogP contribution is -2.08. The molecule has 2 N–H and O–H groups in total. The third kappa shape index (κ3) is 4.13. The lowest BCUT2D eigenvalue weighted by molar-refractivity contribution is 0.998. The van der Waals surface area contributed by atoms with Gasteiger partial charge < -0.3 is 10.6 Å². The molecule has 5 rings (SSSR count). The minimum absolute atomic E-state index is 0.601. The topological polar surface area (TPSA) is 67.7 Å². The van der Waals surface area contributed by atoms with Gasteiger partial charge in [-0.25, -0.2) is 9.97 Å². The van der Waals surface area contributed by atoms with Crippen molar-refractivity contribution in [3.05, 3.63) is 88.7 Å². The van der Waals surface area contributed by atoms with E-state index in [1.54, 1.807) is 17.5 Å². The first-order chi connectivity index (χ1) is 15.3. The Labute approximate surface area is 184 Å². The quantitative estimate of drug-likeness (QED) is 0.355.